The number of hydrogen-bond acceptors (Lipinski definition) is 3. The Bertz CT molecular complexity index is 779. The Kier molecular flexibility index (Phi) is 6.72. The lowest BCUT2D eigenvalue weighted by Crippen LogP contribution is -2.48. The maximum atomic E-state index is 13.7. The topological polar surface area (TPSA) is 58.6 Å². The molecule has 0 saturated heterocycles. The summed E-state index contributed by atoms with van der Waals surface area (Å²) in [5.41, 5.74) is 1.95. The third kappa shape index (κ3) is 4.81. The van der Waals surface area contributed by atoms with Crippen LogP contribution in [0.2, 0.25) is 0 Å². The van der Waals surface area contributed by atoms with Gasteiger partial charge in [0.2, 0.25) is 5.91 Å². The number of hydrogen-bond donors (Lipinski definition) is 1. The summed E-state index contributed by atoms with van der Waals surface area (Å²) in [6, 6.07) is 12.8. The van der Waals surface area contributed by atoms with Crippen molar-refractivity contribution in [1.82, 2.24) is 10.2 Å². The van der Waals surface area contributed by atoms with Crippen LogP contribution in [0.4, 0.5) is 4.39 Å². The van der Waals surface area contributed by atoms with E-state index >= 15 is 0 Å². The molecule has 6 heteroatoms. The Balaban J connectivity index is 2.17. The first kappa shape index (κ1) is 19.4. The molecule has 0 saturated carbocycles. The van der Waals surface area contributed by atoms with Gasteiger partial charge in [-0.05, 0) is 37.1 Å². The van der Waals surface area contributed by atoms with E-state index in [0.29, 0.717) is 0 Å². The molecule has 1 atom stereocenters. The third-order valence-electron chi connectivity index (χ3n) is 4.20. The van der Waals surface area contributed by atoms with Crippen molar-refractivity contribution in [2.24, 2.45) is 0 Å². The molecule has 1 N–H and O–H groups in total. The number of nitrogens with one attached hydrogen (secondary N) is 1. The lowest BCUT2D eigenvalue weighted by atomic mass is 10.1. The van der Waals surface area contributed by atoms with Gasteiger partial charge in [0.05, 0.1) is 0 Å². The number of para-hydroxylation sites is 1. The van der Waals surface area contributed by atoms with E-state index in [2.05, 4.69) is 5.32 Å². The van der Waals surface area contributed by atoms with Gasteiger partial charge in [-0.2, -0.15) is 0 Å². The summed E-state index contributed by atoms with van der Waals surface area (Å²) in [6.45, 7) is 3.51. The average Bonchev–Trinajstić information content (AvgIpc) is 2.65. The van der Waals surface area contributed by atoms with E-state index in [4.69, 9.17) is 4.74 Å². The summed E-state index contributed by atoms with van der Waals surface area (Å²) < 4.78 is 19.0. The van der Waals surface area contributed by atoms with Crippen molar-refractivity contribution in [1.29, 1.82) is 0 Å². The summed E-state index contributed by atoms with van der Waals surface area (Å²) in [7, 11) is 1.52. The molecule has 0 aliphatic heterocycles. The smallest absolute Gasteiger partial charge is 0.261 e. The molecule has 0 fully saturated rings. The number of aryl methyl sites for hydroxylation is 1. The number of nitrogens with zero attached hydrogens (tertiary/aromatic N) is 1. The quantitative estimate of drug-likeness (QED) is 0.828. The fraction of sp³-hybridized carbons (Fsp3) is 0.300. The van der Waals surface area contributed by atoms with Gasteiger partial charge in [-0.15, -0.1) is 0 Å². The van der Waals surface area contributed by atoms with Crippen LogP contribution in [0.25, 0.3) is 0 Å². The molecule has 0 heterocycles. The van der Waals surface area contributed by atoms with E-state index in [1.807, 2.05) is 31.2 Å². The first-order chi connectivity index (χ1) is 12.4. The van der Waals surface area contributed by atoms with Crippen LogP contribution in [0.1, 0.15) is 18.1 Å². The Hall–Kier alpha value is -2.89. The van der Waals surface area contributed by atoms with Crippen molar-refractivity contribution < 1.29 is 18.7 Å². The van der Waals surface area contributed by atoms with E-state index in [9.17, 15) is 14.0 Å². The number of rotatable bonds is 7. The van der Waals surface area contributed by atoms with Gasteiger partial charge in [0, 0.05) is 13.6 Å². The zero-order valence-corrected chi connectivity index (χ0v) is 15.2. The van der Waals surface area contributed by atoms with Crippen LogP contribution < -0.4 is 10.1 Å². The SMILES string of the molecule is CNC(=O)[C@@H](C)N(Cc1ccccc1C)C(=O)COc1ccccc1F. The minimum atomic E-state index is -0.684. The second-order valence-corrected chi connectivity index (χ2v) is 5.96. The van der Waals surface area contributed by atoms with E-state index in [1.165, 1.54) is 24.1 Å². The third-order valence-corrected chi connectivity index (χ3v) is 4.20. The van der Waals surface area contributed by atoms with E-state index < -0.39 is 17.8 Å². The maximum Gasteiger partial charge on any atom is 0.261 e. The highest BCUT2D eigenvalue weighted by Crippen LogP contribution is 2.17. The van der Waals surface area contributed by atoms with Crippen molar-refractivity contribution in [2.75, 3.05) is 13.7 Å². The number of halogens is 1. The summed E-state index contributed by atoms with van der Waals surface area (Å²) in [5.74, 6) is -1.21. The van der Waals surface area contributed by atoms with Crippen LogP contribution in [0.5, 0.6) is 5.75 Å². The lowest BCUT2D eigenvalue weighted by Gasteiger charge is -2.28. The molecule has 0 unspecified atom stereocenters. The number of amides is 2. The molecular formula is C20H23FN2O3. The number of benzene rings is 2. The zero-order chi connectivity index (χ0) is 19.1. The van der Waals surface area contributed by atoms with Gasteiger partial charge >= 0.3 is 0 Å². The summed E-state index contributed by atoms with van der Waals surface area (Å²) in [4.78, 5) is 26.2. The second kappa shape index (κ2) is 8.99. The van der Waals surface area contributed by atoms with E-state index in [0.717, 1.165) is 11.1 Å². The van der Waals surface area contributed by atoms with Crippen LogP contribution in [-0.4, -0.2) is 36.4 Å². The second-order valence-electron chi connectivity index (χ2n) is 5.96. The molecule has 26 heavy (non-hydrogen) atoms. The van der Waals surface area contributed by atoms with Gasteiger partial charge in [0.1, 0.15) is 6.04 Å². The molecule has 138 valence electrons. The monoisotopic (exact) mass is 358 g/mol. The number of likely N-dealkylation sites (N-methyl/N-ethyl adjacent to an activating group) is 1. The van der Waals surface area contributed by atoms with Gasteiger partial charge in [-0.25, -0.2) is 4.39 Å². The molecule has 2 aromatic rings. The molecule has 5 nitrogen and oxygen atoms in total. The van der Waals surface area contributed by atoms with Crippen LogP contribution in [0.3, 0.4) is 0 Å². The molecule has 2 rings (SSSR count). The maximum absolute atomic E-state index is 13.7. The summed E-state index contributed by atoms with van der Waals surface area (Å²) >= 11 is 0. The Morgan fingerprint density at radius 3 is 2.46 bits per heavy atom. The molecule has 0 radical (unpaired) electrons. The van der Waals surface area contributed by atoms with Crippen LogP contribution in [0, 0.1) is 12.7 Å². The first-order valence-electron chi connectivity index (χ1n) is 8.37. The molecule has 0 aliphatic rings. The summed E-state index contributed by atoms with van der Waals surface area (Å²) in [5, 5.41) is 2.55. The summed E-state index contributed by atoms with van der Waals surface area (Å²) in [6.07, 6.45) is 0. The van der Waals surface area contributed by atoms with E-state index in [-0.39, 0.29) is 24.8 Å². The standard InChI is InChI=1S/C20H23FN2O3/c1-14-8-4-5-9-16(14)12-23(15(2)20(25)22-3)19(24)13-26-18-11-7-6-10-17(18)21/h4-11,15H,12-13H2,1-3H3,(H,22,25)/t15-/m1/s1. The minimum Gasteiger partial charge on any atom is -0.481 e. The van der Waals surface area contributed by atoms with Crippen LogP contribution >= 0.6 is 0 Å². The lowest BCUT2D eigenvalue weighted by molar-refractivity contribution is -0.142. The largest absolute Gasteiger partial charge is 0.481 e. The molecule has 0 spiro atoms. The van der Waals surface area contributed by atoms with Gasteiger partial charge in [-0.1, -0.05) is 36.4 Å². The molecular weight excluding hydrogens is 335 g/mol. The number of ether oxygens (including phenoxy) is 1. The van der Waals surface area contributed by atoms with Crippen molar-refractivity contribution in [2.45, 2.75) is 26.4 Å². The molecule has 0 aliphatic carbocycles. The van der Waals surface area contributed by atoms with Crippen LogP contribution in [0.15, 0.2) is 48.5 Å². The zero-order valence-electron chi connectivity index (χ0n) is 15.2. The predicted octanol–water partition coefficient (Wildman–Crippen LogP) is 2.68. The van der Waals surface area contributed by atoms with E-state index in [1.54, 1.807) is 19.1 Å². The average molecular weight is 358 g/mol. The van der Waals surface area contributed by atoms with Crippen molar-refractivity contribution in [3.05, 3.63) is 65.5 Å². The molecule has 0 bridgehead atoms. The predicted molar refractivity (Wildman–Crippen MR) is 97.2 cm³/mol. The number of carbonyl (C=O) groups excluding carboxylic acids is 2. The van der Waals surface area contributed by atoms with Crippen molar-refractivity contribution >= 4 is 11.8 Å². The van der Waals surface area contributed by atoms with Gasteiger partial charge in [0.25, 0.3) is 5.91 Å². The van der Waals surface area contributed by atoms with Crippen LogP contribution in [-0.2, 0) is 16.1 Å². The molecule has 0 aromatic heterocycles. The molecule has 2 amide bonds. The van der Waals surface area contributed by atoms with Crippen molar-refractivity contribution in [3.8, 4) is 5.75 Å². The fourth-order valence-corrected chi connectivity index (χ4v) is 2.55. The Labute approximate surface area is 152 Å². The first-order valence-corrected chi connectivity index (χ1v) is 8.37. The fourth-order valence-electron chi connectivity index (χ4n) is 2.55. The minimum absolute atomic E-state index is 0.00397. The normalized spacial score (nSPS) is 11.5. The van der Waals surface area contributed by atoms with Gasteiger partial charge in [0.15, 0.2) is 18.2 Å². The van der Waals surface area contributed by atoms with Gasteiger partial charge in [-0.3, -0.25) is 9.59 Å². The highest BCUT2D eigenvalue weighted by molar-refractivity contribution is 5.87. The Morgan fingerprint density at radius 2 is 1.81 bits per heavy atom. The highest BCUT2D eigenvalue weighted by Gasteiger charge is 2.26. The molecule has 2 aromatic carbocycles. The highest BCUT2D eigenvalue weighted by atomic mass is 19.1. The van der Waals surface area contributed by atoms with Crippen molar-refractivity contribution in [3.63, 3.8) is 0 Å². The van der Waals surface area contributed by atoms with Gasteiger partial charge < -0.3 is 15.0 Å². The number of carbonyl (C=O) groups is 2. The Morgan fingerprint density at radius 1 is 1.15 bits per heavy atom.